The maximum absolute atomic E-state index is 6.87. The quantitative estimate of drug-likeness (QED) is 0.511. The molecule has 3 aliphatic heterocycles. The third-order valence-electron chi connectivity index (χ3n) is 7.50. The van der Waals surface area contributed by atoms with Crippen LogP contribution in [0, 0.1) is 0 Å². The van der Waals surface area contributed by atoms with Crippen LogP contribution < -0.4 is 14.2 Å². The minimum absolute atomic E-state index is 0.121. The van der Waals surface area contributed by atoms with E-state index in [1.165, 1.54) is 5.56 Å². The van der Waals surface area contributed by atoms with E-state index in [9.17, 15) is 0 Å². The largest absolute Gasteiger partial charge is 0.497 e. The average Bonchev–Trinajstić information content (AvgIpc) is 3.38. The van der Waals surface area contributed by atoms with Gasteiger partial charge in [-0.15, -0.1) is 0 Å². The summed E-state index contributed by atoms with van der Waals surface area (Å²) in [6.07, 6.45) is 2.58. The second kappa shape index (κ2) is 8.93. The molecule has 180 valence electrons. The number of nitrogens with zero attached hydrogens (tertiary/aromatic N) is 3. The molecule has 0 aromatic heterocycles. The summed E-state index contributed by atoms with van der Waals surface area (Å²) in [5.41, 5.74) is 4.17. The van der Waals surface area contributed by atoms with Gasteiger partial charge in [0.05, 0.1) is 26.0 Å². The number of hydrazone groups is 1. The van der Waals surface area contributed by atoms with Crippen LogP contribution in [0.5, 0.6) is 17.2 Å². The van der Waals surface area contributed by atoms with Gasteiger partial charge in [0.1, 0.15) is 5.75 Å². The van der Waals surface area contributed by atoms with Crippen LogP contribution in [0.4, 0.5) is 0 Å². The fourth-order valence-corrected chi connectivity index (χ4v) is 5.64. The van der Waals surface area contributed by atoms with Crippen molar-refractivity contribution in [2.24, 2.45) is 5.10 Å². The molecule has 35 heavy (non-hydrogen) atoms. The van der Waals surface area contributed by atoms with Crippen molar-refractivity contribution in [2.45, 2.75) is 37.6 Å². The fourth-order valence-electron chi connectivity index (χ4n) is 5.64. The number of piperidine rings is 1. The summed E-state index contributed by atoms with van der Waals surface area (Å²) in [7, 11) is 3.42. The molecule has 6 rings (SSSR count). The topological polar surface area (TPSA) is 46.5 Å². The Kier molecular flexibility index (Phi) is 5.61. The Morgan fingerprint density at radius 2 is 1.74 bits per heavy atom. The van der Waals surface area contributed by atoms with Gasteiger partial charge < -0.3 is 14.2 Å². The molecule has 1 atom stereocenters. The van der Waals surface area contributed by atoms with Crippen LogP contribution in [0.15, 0.2) is 77.9 Å². The number of methoxy groups -OCH3 is 2. The van der Waals surface area contributed by atoms with Gasteiger partial charge in [-0.05, 0) is 23.8 Å². The van der Waals surface area contributed by atoms with E-state index in [1.807, 2.05) is 24.3 Å². The van der Waals surface area contributed by atoms with E-state index in [0.717, 1.165) is 73.0 Å². The third-order valence-corrected chi connectivity index (χ3v) is 7.50. The minimum Gasteiger partial charge on any atom is -0.497 e. The van der Waals surface area contributed by atoms with Crippen LogP contribution in [0.25, 0.3) is 0 Å². The Morgan fingerprint density at radius 3 is 2.51 bits per heavy atom. The summed E-state index contributed by atoms with van der Waals surface area (Å²) in [4.78, 5) is 2.51. The molecule has 0 amide bonds. The molecule has 1 fully saturated rings. The number of likely N-dealkylation sites (tertiary alicyclic amines) is 1. The van der Waals surface area contributed by atoms with Crippen molar-refractivity contribution in [2.75, 3.05) is 27.3 Å². The molecule has 6 nitrogen and oxygen atoms in total. The molecule has 3 aromatic rings. The fraction of sp³-hybridized carbons (Fsp3) is 0.345. The van der Waals surface area contributed by atoms with Gasteiger partial charge in [-0.3, -0.25) is 4.90 Å². The Balaban J connectivity index is 1.33. The average molecular weight is 470 g/mol. The molecule has 1 unspecified atom stereocenters. The minimum atomic E-state index is -0.486. The first-order valence-electron chi connectivity index (χ1n) is 12.3. The molecule has 6 heteroatoms. The van der Waals surface area contributed by atoms with Gasteiger partial charge in [-0.2, -0.15) is 5.10 Å². The molecule has 1 saturated heterocycles. The summed E-state index contributed by atoms with van der Waals surface area (Å²) in [5, 5.41) is 7.46. The van der Waals surface area contributed by atoms with Gasteiger partial charge in [0.15, 0.2) is 11.5 Å². The lowest BCUT2D eigenvalue weighted by Gasteiger charge is -2.51. The second-order valence-electron chi connectivity index (χ2n) is 9.53. The standard InChI is InChI=1S/C29H31N3O3/c1-33-23-11-6-10-22(18-23)25-19-26-24-12-7-13-27(34-2)28(24)35-29(32(26)30-25)14-16-31(17-15-29)20-21-8-4-3-5-9-21/h3-13,18,26H,14-17,19-20H2,1-2H3. The molecule has 3 aromatic carbocycles. The van der Waals surface area contributed by atoms with Crippen molar-refractivity contribution in [1.82, 2.24) is 9.91 Å². The van der Waals surface area contributed by atoms with Gasteiger partial charge >= 0.3 is 0 Å². The van der Waals surface area contributed by atoms with E-state index in [-0.39, 0.29) is 6.04 Å². The number of para-hydroxylation sites is 1. The molecule has 0 N–H and O–H groups in total. The highest BCUT2D eigenvalue weighted by Crippen LogP contribution is 2.52. The molecule has 1 spiro atoms. The number of ether oxygens (including phenoxy) is 3. The lowest BCUT2D eigenvalue weighted by molar-refractivity contribution is -0.151. The van der Waals surface area contributed by atoms with Crippen LogP contribution in [0.2, 0.25) is 0 Å². The van der Waals surface area contributed by atoms with Gasteiger partial charge in [-0.1, -0.05) is 54.6 Å². The highest BCUT2D eigenvalue weighted by Gasteiger charge is 2.52. The molecular formula is C29H31N3O3. The molecule has 0 aliphatic carbocycles. The van der Waals surface area contributed by atoms with Crippen molar-refractivity contribution < 1.29 is 14.2 Å². The zero-order valence-electron chi connectivity index (χ0n) is 20.3. The first-order valence-corrected chi connectivity index (χ1v) is 12.3. The van der Waals surface area contributed by atoms with Crippen molar-refractivity contribution in [3.8, 4) is 17.2 Å². The van der Waals surface area contributed by atoms with E-state index < -0.39 is 5.72 Å². The SMILES string of the molecule is COc1cccc(C2=NN3C(C2)c2cccc(OC)c2OC32CCN(Cc3ccccc3)CC2)c1. The van der Waals surface area contributed by atoms with E-state index in [0.29, 0.717) is 0 Å². The lowest BCUT2D eigenvalue weighted by atomic mass is 9.90. The van der Waals surface area contributed by atoms with Crippen molar-refractivity contribution >= 4 is 5.71 Å². The molecule has 3 aliphatic rings. The lowest BCUT2D eigenvalue weighted by Crippen LogP contribution is -2.59. The van der Waals surface area contributed by atoms with Crippen LogP contribution in [0.1, 0.15) is 42.0 Å². The predicted octanol–water partition coefficient (Wildman–Crippen LogP) is 5.24. The normalized spacial score (nSPS) is 20.6. The number of hydrogen-bond acceptors (Lipinski definition) is 6. The first kappa shape index (κ1) is 22.0. The maximum atomic E-state index is 6.87. The van der Waals surface area contributed by atoms with E-state index in [4.69, 9.17) is 19.3 Å². The van der Waals surface area contributed by atoms with Crippen molar-refractivity contribution in [1.29, 1.82) is 0 Å². The number of rotatable bonds is 5. The summed E-state index contributed by atoms with van der Waals surface area (Å²) in [6, 6.07) is 25.2. The van der Waals surface area contributed by atoms with Gasteiger partial charge in [-0.25, -0.2) is 5.01 Å². The second-order valence-corrected chi connectivity index (χ2v) is 9.53. The van der Waals surface area contributed by atoms with Crippen LogP contribution >= 0.6 is 0 Å². The third kappa shape index (κ3) is 3.92. The molecular weight excluding hydrogens is 438 g/mol. The van der Waals surface area contributed by atoms with E-state index in [1.54, 1.807) is 14.2 Å². The maximum Gasteiger partial charge on any atom is 0.200 e. The predicted molar refractivity (Wildman–Crippen MR) is 136 cm³/mol. The molecule has 3 heterocycles. The summed E-state index contributed by atoms with van der Waals surface area (Å²) in [5.74, 6) is 2.51. The Bertz CT molecular complexity index is 1230. The van der Waals surface area contributed by atoms with E-state index >= 15 is 0 Å². The van der Waals surface area contributed by atoms with Crippen LogP contribution in [-0.2, 0) is 6.54 Å². The Labute approximate surface area is 206 Å². The monoisotopic (exact) mass is 469 g/mol. The number of benzene rings is 3. The zero-order chi connectivity index (χ0) is 23.8. The summed E-state index contributed by atoms with van der Waals surface area (Å²) >= 11 is 0. The number of hydrogen-bond donors (Lipinski definition) is 0. The van der Waals surface area contributed by atoms with Gasteiger partial charge in [0.25, 0.3) is 0 Å². The van der Waals surface area contributed by atoms with Crippen LogP contribution in [-0.4, -0.2) is 48.7 Å². The Morgan fingerprint density at radius 1 is 0.943 bits per heavy atom. The van der Waals surface area contributed by atoms with Crippen molar-refractivity contribution in [3.05, 3.63) is 89.5 Å². The number of fused-ring (bicyclic) bond motifs is 4. The smallest absolute Gasteiger partial charge is 0.200 e. The first-order chi connectivity index (χ1) is 17.2. The summed E-state index contributed by atoms with van der Waals surface area (Å²) in [6.45, 7) is 2.86. The highest BCUT2D eigenvalue weighted by atomic mass is 16.5. The molecule has 0 saturated carbocycles. The highest BCUT2D eigenvalue weighted by molar-refractivity contribution is 6.02. The molecule has 0 radical (unpaired) electrons. The summed E-state index contributed by atoms with van der Waals surface area (Å²) < 4.78 is 18.1. The zero-order valence-corrected chi connectivity index (χ0v) is 20.3. The van der Waals surface area contributed by atoms with E-state index in [2.05, 4.69) is 58.4 Å². The Hall–Kier alpha value is -3.51. The van der Waals surface area contributed by atoms with Gasteiger partial charge in [0, 0.05) is 50.0 Å². The van der Waals surface area contributed by atoms with Crippen molar-refractivity contribution in [3.63, 3.8) is 0 Å². The van der Waals surface area contributed by atoms with Crippen LogP contribution in [0.3, 0.4) is 0 Å². The molecule has 0 bridgehead atoms. The van der Waals surface area contributed by atoms with Gasteiger partial charge in [0.2, 0.25) is 5.72 Å².